The maximum Gasteiger partial charge on any atom is 0.338 e. The smallest absolute Gasteiger partial charge is 0.338 e. The molecule has 2 saturated heterocycles. The van der Waals surface area contributed by atoms with Crippen molar-refractivity contribution in [1.29, 1.82) is 0 Å². The Morgan fingerprint density at radius 3 is 2.22 bits per heavy atom. The van der Waals surface area contributed by atoms with Gasteiger partial charge in [-0.2, -0.15) is 0 Å². The molecule has 0 saturated carbocycles. The first-order valence-corrected chi connectivity index (χ1v) is 15.5. The van der Waals surface area contributed by atoms with Gasteiger partial charge in [-0.3, -0.25) is 9.59 Å². The van der Waals surface area contributed by atoms with E-state index in [4.69, 9.17) is 9.47 Å². The number of amides is 4. The summed E-state index contributed by atoms with van der Waals surface area (Å²) in [6.45, 7) is 8.34. The van der Waals surface area contributed by atoms with Gasteiger partial charge in [0.15, 0.2) is 6.23 Å². The van der Waals surface area contributed by atoms with Crippen LogP contribution in [-0.4, -0.2) is 65.5 Å². The van der Waals surface area contributed by atoms with Crippen LogP contribution in [0.5, 0.6) is 5.75 Å². The van der Waals surface area contributed by atoms with E-state index in [9.17, 15) is 19.2 Å². The quantitative estimate of drug-likeness (QED) is 0.251. The van der Waals surface area contributed by atoms with Crippen LogP contribution >= 0.6 is 0 Å². The molecule has 2 fully saturated rings. The molecule has 10 heteroatoms. The van der Waals surface area contributed by atoms with Crippen LogP contribution in [0.3, 0.4) is 0 Å². The van der Waals surface area contributed by atoms with E-state index < -0.39 is 23.6 Å². The predicted molar refractivity (Wildman–Crippen MR) is 168 cm³/mol. The maximum absolute atomic E-state index is 13.3. The van der Waals surface area contributed by atoms with Crippen molar-refractivity contribution in [3.8, 4) is 5.75 Å². The zero-order valence-corrected chi connectivity index (χ0v) is 26.0. The largest absolute Gasteiger partial charge is 0.469 e. The Morgan fingerprint density at radius 2 is 1.58 bits per heavy atom. The predicted octanol–water partition coefficient (Wildman–Crippen LogP) is 4.74. The first-order chi connectivity index (χ1) is 21.8. The second-order valence-corrected chi connectivity index (χ2v) is 11.5. The van der Waals surface area contributed by atoms with Crippen LogP contribution in [-0.2, 0) is 22.7 Å². The Labute approximate surface area is 263 Å². The van der Waals surface area contributed by atoms with Crippen molar-refractivity contribution in [3.63, 3.8) is 0 Å². The molecular formula is C35H40N4O6. The topological polar surface area (TPSA) is 117 Å². The number of hydrogen-bond acceptors (Lipinski definition) is 7. The minimum atomic E-state index is -0.830. The maximum atomic E-state index is 13.3. The summed E-state index contributed by atoms with van der Waals surface area (Å²) >= 11 is 0. The Balaban J connectivity index is 1.19. The Morgan fingerprint density at radius 1 is 0.911 bits per heavy atom. The molecule has 2 aliphatic heterocycles. The van der Waals surface area contributed by atoms with Crippen molar-refractivity contribution in [3.05, 3.63) is 101 Å². The fourth-order valence-corrected chi connectivity index (χ4v) is 5.84. The molecule has 0 spiro atoms. The molecule has 0 radical (unpaired) electrons. The number of carbonyl (C=O) groups excluding carboxylic acids is 4. The van der Waals surface area contributed by atoms with E-state index >= 15 is 0 Å². The normalized spacial score (nSPS) is 19.0. The molecule has 0 aromatic heterocycles. The van der Waals surface area contributed by atoms with E-state index in [0.717, 1.165) is 29.1 Å². The van der Waals surface area contributed by atoms with Crippen molar-refractivity contribution in [2.45, 2.75) is 59.0 Å². The molecule has 3 aromatic carbocycles. The zero-order chi connectivity index (χ0) is 32.0. The third-order valence-electron chi connectivity index (χ3n) is 8.79. The Hall–Kier alpha value is -4.70. The van der Waals surface area contributed by atoms with Crippen molar-refractivity contribution in [2.75, 3.05) is 19.6 Å². The molecule has 4 amide bonds. The number of nitrogens with one attached hydrogen (secondary N) is 2. The molecule has 2 atom stereocenters. The average molecular weight is 613 g/mol. The molecule has 236 valence electrons. The second-order valence-electron chi connectivity index (χ2n) is 11.5. The fourth-order valence-electron chi connectivity index (χ4n) is 5.84. The Kier molecular flexibility index (Phi) is 9.83. The highest BCUT2D eigenvalue weighted by atomic mass is 16.5. The van der Waals surface area contributed by atoms with E-state index in [1.807, 2.05) is 56.0 Å². The number of β-lactam (4-membered cyclic amide) rings is 1. The van der Waals surface area contributed by atoms with Gasteiger partial charge >= 0.3 is 12.0 Å². The summed E-state index contributed by atoms with van der Waals surface area (Å²) in [4.78, 5) is 55.0. The number of piperazine rings is 1. The number of ether oxygens (including phenoxy) is 2. The Bertz CT molecular complexity index is 1510. The molecule has 2 N–H and O–H groups in total. The van der Waals surface area contributed by atoms with Crippen LogP contribution in [0.4, 0.5) is 4.79 Å². The number of likely N-dealkylation sites (tertiary alicyclic amines) is 1. The third kappa shape index (κ3) is 6.71. The van der Waals surface area contributed by atoms with Gasteiger partial charge in [0.2, 0.25) is 5.91 Å². The summed E-state index contributed by atoms with van der Waals surface area (Å²) < 4.78 is 11.6. The highest BCUT2D eigenvalue weighted by Gasteiger charge is 2.62. The monoisotopic (exact) mass is 612 g/mol. The lowest BCUT2D eigenvalue weighted by molar-refractivity contribution is -0.190. The van der Waals surface area contributed by atoms with Gasteiger partial charge in [-0.15, -0.1) is 0 Å². The van der Waals surface area contributed by atoms with Gasteiger partial charge in [-0.1, -0.05) is 56.3 Å². The average Bonchev–Trinajstić information content (AvgIpc) is 3.07. The van der Waals surface area contributed by atoms with E-state index in [2.05, 4.69) is 10.6 Å². The minimum Gasteiger partial charge on any atom is -0.469 e. The van der Waals surface area contributed by atoms with Crippen LogP contribution in [0.15, 0.2) is 78.9 Å². The summed E-state index contributed by atoms with van der Waals surface area (Å²) in [6, 6.07) is 22.6. The lowest BCUT2D eigenvalue weighted by Crippen LogP contribution is -2.73. The fraction of sp³-hybridized carbons (Fsp3) is 0.371. The molecule has 2 heterocycles. The zero-order valence-electron chi connectivity index (χ0n) is 26.0. The number of urea groups is 1. The van der Waals surface area contributed by atoms with Gasteiger partial charge in [-0.05, 0) is 67.3 Å². The van der Waals surface area contributed by atoms with E-state index in [1.54, 1.807) is 48.5 Å². The number of nitrogens with zero attached hydrogens (tertiary/aromatic N) is 2. The standard InChI is InChI=1S/C35H40N4O6/c1-4-35(5-2)32(42)39(33(35)45-29-17-15-27(16-18-29)30(40)38-20-19-36-21-24(38)3)34(43)37-22-25-11-13-28(14-12-25)31(41)44-23-26-9-7-6-8-10-26/h6-18,24,33,36H,4-5,19-23H2,1-3H3,(H,37,43). The number of imide groups is 1. The first kappa shape index (κ1) is 31.7. The van der Waals surface area contributed by atoms with Crippen molar-refractivity contribution >= 4 is 23.8 Å². The van der Waals surface area contributed by atoms with Crippen LogP contribution in [0, 0.1) is 5.41 Å². The SMILES string of the molecule is CCC1(CC)C(=O)N(C(=O)NCc2ccc(C(=O)OCc3ccccc3)cc2)C1Oc1ccc(C(=O)N2CCNCC2C)cc1. The van der Waals surface area contributed by atoms with E-state index in [1.165, 1.54) is 0 Å². The number of esters is 1. The molecule has 3 aromatic rings. The van der Waals surface area contributed by atoms with Gasteiger partial charge in [0.1, 0.15) is 17.8 Å². The molecule has 0 aliphatic carbocycles. The summed E-state index contributed by atoms with van der Waals surface area (Å²) in [6.07, 6.45) is 0.225. The third-order valence-corrected chi connectivity index (χ3v) is 8.79. The molecule has 2 aliphatic rings. The first-order valence-electron chi connectivity index (χ1n) is 15.5. The van der Waals surface area contributed by atoms with Gasteiger partial charge in [0.05, 0.1) is 5.56 Å². The highest BCUT2D eigenvalue weighted by molar-refractivity contribution is 6.03. The van der Waals surface area contributed by atoms with Crippen molar-refractivity contribution in [2.24, 2.45) is 5.41 Å². The molecular weight excluding hydrogens is 572 g/mol. The van der Waals surface area contributed by atoms with Crippen LogP contribution in [0.25, 0.3) is 0 Å². The minimum absolute atomic E-state index is 0.0380. The van der Waals surface area contributed by atoms with Gasteiger partial charge < -0.3 is 25.0 Å². The molecule has 0 bridgehead atoms. The molecule has 2 unspecified atom stereocenters. The molecule has 45 heavy (non-hydrogen) atoms. The summed E-state index contributed by atoms with van der Waals surface area (Å²) in [5.74, 6) is -0.294. The van der Waals surface area contributed by atoms with Crippen LogP contribution in [0.2, 0.25) is 0 Å². The van der Waals surface area contributed by atoms with E-state index in [0.29, 0.717) is 36.3 Å². The van der Waals surface area contributed by atoms with Crippen LogP contribution in [0.1, 0.15) is 65.5 Å². The van der Waals surface area contributed by atoms with Crippen molar-refractivity contribution in [1.82, 2.24) is 20.4 Å². The number of hydrogen-bond donors (Lipinski definition) is 2. The molecule has 5 rings (SSSR count). The summed E-state index contributed by atoms with van der Waals surface area (Å²) in [5.41, 5.74) is 1.78. The number of carbonyl (C=O) groups is 4. The lowest BCUT2D eigenvalue weighted by atomic mass is 9.72. The van der Waals surface area contributed by atoms with Gasteiger partial charge in [0, 0.05) is 37.8 Å². The summed E-state index contributed by atoms with van der Waals surface area (Å²) in [5, 5.41) is 6.10. The van der Waals surface area contributed by atoms with Gasteiger partial charge in [0.25, 0.3) is 5.91 Å². The van der Waals surface area contributed by atoms with E-state index in [-0.39, 0.29) is 31.0 Å². The number of benzene rings is 3. The van der Waals surface area contributed by atoms with Gasteiger partial charge in [-0.25, -0.2) is 14.5 Å². The lowest BCUT2D eigenvalue weighted by Gasteiger charge is -2.53. The number of rotatable bonds is 10. The second kappa shape index (κ2) is 13.9. The highest BCUT2D eigenvalue weighted by Crippen LogP contribution is 2.46. The summed E-state index contributed by atoms with van der Waals surface area (Å²) in [7, 11) is 0. The van der Waals surface area contributed by atoms with Crippen LogP contribution < -0.4 is 15.4 Å². The van der Waals surface area contributed by atoms with Crippen molar-refractivity contribution < 1.29 is 28.7 Å². The molecule has 10 nitrogen and oxygen atoms in total.